The van der Waals surface area contributed by atoms with Crippen molar-refractivity contribution in [3.05, 3.63) is 34.7 Å². The van der Waals surface area contributed by atoms with Gasteiger partial charge < -0.3 is 4.55 Å². The fraction of sp³-hybridized carbons (Fsp3) is 0.385. The summed E-state index contributed by atoms with van der Waals surface area (Å²) in [5.74, 6) is 0. The van der Waals surface area contributed by atoms with E-state index in [9.17, 15) is 26.3 Å². The van der Waals surface area contributed by atoms with E-state index in [2.05, 4.69) is 0 Å². The number of hydrogen-bond donors (Lipinski definition) is 0. The van der Waals surface area contributed by atoms with E-state index in [-0.39, 0.29) is 0 Å². The van der Waals surface area contributed by atoms with Crippen molar-refractivity contribution < 1.29 is 39.3 Å². The molecule has 0 aliphatic heterocycles. The quantitative estimate of drug-likeness (QED) is 0.296. The molecule has 136 valence electrons. The lowest BCUT2D eigenvalue weighted by molar-refractivity contribution is -0.0867. The first-order valence-electron chi connectivity index (χ1n) is 6.33. The average Bonchev–Trinajstić information content (AvgIpc) is 2.74. The maximum absolute atomic E-state index is 12.9. The molecule has 3 nitrogen and oxygen atoms in total. The minimum atomic E-state index is -6.09. The van der Waals surface area contributed by atoms with Crippen LogP contribution >= 0.6 is 10.5 Å². The van der Waals surface area contributed by atoms with Crippen LogP contribution in [0.5, 0.6) is 0 Å². The lowest BCUT2D eigenvalue weighted by Crippen LogP contribution is -2.21. The molecule has 0 spiro atoms. The number of hydrogen-bond acceptors (Lipinski definition) is 3. The van der Waals surface area contributed by atoms with Gasteiger partial charge in [0.2, 0.25) is 0 Å². The Balaban J connectivity index is 0.000000307. The Morgan fingerprint density at radius 1 is 1.08 bits per heavy atom. The molecule has 0 aliphatic carbocycles. The first-order chi connectivity index (χ1) is 10.7. The van der Waals surface area contributed by atoms with E-state index in [1.807, 2.05) is 13.0 Å². The summed E-state index contributed by atoms with van der Waals surface area (Å²) in [6, 6.07) is 6.88. The van der Waals surface area contributed by atoms with Gasteiger partial charge in [-0.2, -0.15) is 13.2 Å². The lowest BCUT2D eigenvalue weighted by atomic mass is 10.2. The highest BCUT2D eigenvalue weighted by Gasteiger charge is 2.47. The molecule has 1 aromatic heterocycles. The number of aryl methyl sites for hydroxylation is 2. The largest absolute Gasteiger partial charge is 0.741 e. The van der Waals surface area contributed by atoms with Gasteiger partial charge in [0.05, 0.1) is 10.5 Å². The third-order valence-corrected chi connectivity index (χ3v) is 5.60. The molecule has 1 heterocycles. The molecule has 0 N–H and O–H groups in total. The molecular formula is C13H12F6O3S2. The SMILES string of the molecule is CCc1cc2cc(C)ccc2[s+]1C(F)(F)F.O=S(=O)([O-])C(F)(F)F. The molecular weight excluding hydrogens is 382 g/mol. The second kappa shape index (κ2) is 6.89. The van der Waals surface area contributed by atoms with Crippen LogP contribution in [0.1, 0.15) is 17.4 Å². The van der Waals surface area contributed by atoms with Gasteiger partial charge in [-0.3, -0.25) is 0 Å². The van der Waals surface area contributed by atoms with Crippen LogP contribution in [-0.2, 0) is 22.0 Å². The minimum absolute atomic E-state index is 0.426. The molecule has 1 aromatic carbocycles. The van der Waals surface area contributed by atoms with Crippen LogP contribution in [0.25, 0.3) is 10.1 Å². The number of alkyl halides is 6. The van der Waals surface area contributed by atoms with Crippen LogP contribution < -0.4 is 0 Å². The number of halogens is 6. The van der Waals surface area contributed by atoms with Crippen LogP contribution in [-0.4, -0.2) is 18.5 Å². The molecule has 0 fully saturated rings. The number of fused-ring (bicyclic) bond motifs is 1. The van der Waals surface area contributed by atoms with Crippen molar-refractivity contribution in [1.82, 2.24) is 0 Å². The molecule has 24 heavy (non-hydrogen) atoms. The molecule has 0 amide bonds. The Morgan fingerprint density at radius 2 is 1.58 bits per heavy atom. The van der Waals surface area contributed by atoms with Crippen molar-refractivity contribution in [2.24, 2.45) is 0 Å². The monoisotopic (exact) mass is 394 g/mol. The van der Waals surface area contributed by atoms with Gasteiger partial charge in [-0.05, 0) is 19.1 Å². The number of benzene rings is 1. The van der Waals surface area contributed by atoms with Crippen molar-refractivity contribution >= 4 is 30.7 Å². The van der Waals surface area contributed by atoms with Crippen LogP contribution in [0.4, 0.5) is 26.3 Å². The summed E-state index contributed by atoms with van der Waals surface area (Å²) < 4.78 is 98.2. The van der Waals surface area contributed by atoms with E-state index in [1.165, 1.54) is 0 Å². The fourth-order valence-electron chi connectivity index (χ4n) is 1.86. The molecule has 1 atom stereocenters. The zero-order chi connectivity index (χ0) is 18.9. The van der Waals surface area contributed by atoms with E-state index in [0.29, 0.717) is 16.0 Å². The van der Waals surface area contributed by atoms with Crippen molar-refractivity contribution in [3.63, 3.8) is 0 Å². The van der Waals surface area contributed by atoms with E-state index >= 15 is 0 Å². The molecule has 11 heteroatoms. The summed E-state index contributed by atoms with van der Waals surface area (Å²) >= 11 is 0. The molecule has 0 bridgehead atoms. The molecule has 0 saturated heterocycles. The summed E-state index contributed by atoms with van der Waals surface area (Å²) in [6.45, 7) is 3.67. The van der Waals surface area contributed by atoms with Gasteiger partial charge in [-0.15, -0.1) is 13.2 Å². The van der Waals surface area contributed by atoms with Gasteiger partial charge in [-0.25, -0.2) is 8.42 Å². The minimum Gasteiger partial charge on any atom is -0.741 e. The topological polar surface area (TPSA) is 57.2 Å². The van der Waals surface area contributed by atoms with Gasteiger partial charge in [0.25, 0.3) is 0 Å². The first kappa shape index (κ1) is 20.7. The van der Waals surface area contributed by atoms with Crippen LogP contribution in [0.3, 0.4) is 0 Å². The first-order valence-corrected chi connectivity index (χ1v) is 8.96. The third kappa shape index (κ3) is 4.84. The van der Waals surface area contributed by atoms with Crippen molar-refractivity contribution in [3.8, 4) is 0 Å². The van der Waals surface area contributed by atoms with Gasteiger partial charge in [0.15, 0.2) is 19.7 Å². The van der Waals surface area contributed by atoms with Crippen molar-refractivity contribution in [2.75, 3.05) is 0 Å². The zero-order valence-corrected chi connectivity index (χ0v) is 14.0. The number of rotatable bonds is 1. The molecule has 0 saturated carbocycles. The van der Waals surface area contributed by atoms with E-state index in [0.717, 1.165) is 10.9 Å². The van der Waals surface area contributed by atoms with Crippen LogP contribution in [0.15, 0.2) is 24.3 Å². The summed E-state index contributed by atoms with van der Waals surface area (Å²) in [5, 5.41) is 0.734. The molecule has 2 aromatic rings. The second-order valence-electron chi connectivity index (χ2n) is 4.66. The average molecular weight is 394 g/mol. The highest BCUT2D eigenvalue weighted by molar-refractivity contribution is 7.86. The lowest BCUT2D eigenvalue weighted by Gasteiger charge is -2.08. The van der Waals surface area contributed by atoms with Gasteiger partial charge in [0, 0.05) is 17.9 Å². The molecule has 0 aliphatic rings. The normalized spacial score (nSPS) is 13.6. The Labute approximate surface area is 136 Å². The summed E-state index contributed by atoms with van der Waals surface area (Å²) in [4.78, 5) is 0.494. The van der Waals surface area contributed by atoms with E-state index < -0.39 is 31.6 Å². The van der Waals surface area contributed by atoms with Gasteiger partial charge >= 0.3 is 11.0 Å². The standard InChI is InChI=1S/C12H12F3S.CHF3O3S/c1-3-10-7-9-6-8(2)4-5-11(9)16(10)12(13,14)15;2-1(3,4)8(5,6)7/h4-7H,3H2,1-2H3;(H,5,6,7)/q+1;/p-1. The molecule has 1 unspecified atom stereocenters. The maximum Gasteiger partial charge on any atom is 0.600 e. The van der Waals surface area contributed by atoms with Gasteiger partial charge in [0.1, 0.15) is 0 Å². The van der Waals surface area contributed by atoms with Crippen molar-refractivity contribution in [1.29, 1.82) is 0 Å². The Bertz CT molecular complexity index is 819. The predicted molar refractivity (Wildman–Crippen MR) is 77.6 cm³/mol. The van der Waals surface area contributed by atoms with Gasteiger partial charge in [-0.1, -0.05) is 18.6 Å². The second-order valence-corrected chi connectivity index (χ2v) is 8.07. The summed E-state index contributed by atoms with van der Waals surface area (Å²) in [5.41, 5.74) is -8.80. The van der Waals surface area contributed by atoms with Crippen LogP contribution in [0, 0.1) is 6.92 Å². The van der Waals surface area contributed by atoms with Crippen LogP contribution in [0.2, 0.25) is 0 Å². The van der Waals surface area contributed by atoms with E-state index in [4.69, 9.17) is 13.0 Å². The highest BCUT2D eigenvalue weighted by Crippen LogP contribution is 2.51. The maximum atomic E-state index is 12.9. The molecule has 2 rings (SSSR count). The fourth-order valence-corrected chi connectivity index (χ4v) is 3.78. The zero-order valence-electron chi connectivity index (χ0n) is 12.3. The Hall–Kier alpha value is -1.33. The number of thiophene rings is 1. The highest BCUT2D eigenvalue weighted by atomic mass is 32.2. The Kier molecular flexibility index (Phi) is 5.94. The third-order valence-electron chi connectivity index (χ3n) is 2.83. The molecule has 0 radical (unpaired) electrons. The predicted octanol–water partition coefficient (Wildman–Crippen LogP) is 4.99. The smallest absolute Gasteiger partial charge is 0.600 e. The van der Waals surface area contributed by atoms with Crippen molar-refractivity contribution in [2.45, 2.75) is 31.3 Å². The summed E-state index contributed by atoms with van der Waals surface area (Å²) in [6.07, 6.45) is 0.455. The summed E-state index contributed by atoms with van der Waals surface area (Å²) in [7, 11) is -7.79. The van der Waals surface area contributed by atoms with E-state index in [1.54, 1.807) is 25.1 Å². The Morgan fingerprint density at radius 3 is 1.96 bits per heavy atom.